The summed E-state index contributed by atoms with van der Waals surface area (Å²) in [5.41, 5.74) is 13.8. The first-order valence-corrected chi connectivity index (χ1v) is 21.7. The zero-order chi connectivity index (χ0) is 43.2. The number of aromatic nitrogens is 8. The summed E-state index contributed by atoms with van der Waals surface area (Å²) < 4.78 is 19.8. The van der Waals surface area contributed by atoms with Crippen LogP contribution in [0.5, 0.6) is 0 Å². The van der Waals surface area contributed by atoms with E-state index in [-0.39, 0.29) is 11.8 Å². The summed E-state index contributed by atoms with van der Waals surface area (Å²) in [5.74, 6) is 0.331. The molecule has 0 radical (unpaired) electrons. The van der Waals surface area contributed by atoms with Crippen LogP contribution in [-0.4, -0.2) is 92.7 Å². The molecule has 6 N–H and O–H groups in total. The first-order chi connectivity index (χ1) is 31.8. The second-order valence-electron chi connectivity index (χ2n) is 15.3. The fraction of sp³-hybridized carbons (Fsp3) is 0.192. The van der Waals surface area contributed by atoms with Gasteiger partial charge < -0.3 is 48.9 Å². The van der Waals surface area contributed by atoms with E-state index in [1.165, 1.54) is 56.2 Å². The normalized spacial score (nSPS) is 13.8. The molecule has 10 aromatic rings. The van der Waals surface area contributed by atoms with Crippen LogP contribution in [0.2, 0.25) is 0 Å². The molecule has 8 aromatic heterocycles. The SMILES string of the molecule is C1COCCO1.C1COCCO1.c1c[nH]c(C(c2ccc(-c3c[nH]c4ncccc34)cc2)c2ccc[nH]2)c1.c1c[nH]c(C(c2ccc(-c3c[nH]c4ncccc34)cc2)c2ccc[nH]2)c1. The number of benzene rings is 2. The number of hydrogen-bond donors (Lipinski definition) is 6. The molecular formula is C52H52N8O4. The van der Waals surface area contributed by atoms with Gasteiger partial charge in [0.15, 0.2) is 0 Å². The maximum Gasteiger partial charge on any atom is 0.137 e. The van der Waals surface area contributed by atoms with Crippen molar-refractivity contribution < 1.29 is 18.9 Å². The van der Waals surface area contributed by atoms with E-state index in [0.717, 1.165) is 74.9 Å². The Morgan fingerprint density at radius 3 is 0.969 bits per heavy atom. The highest BCUT2D eigenvalue weighted by atomic mass is 16.6. The average molecular weight is 853 g/mol. The molecule has 12 rings (SSSR count). The molecule has 0 unspecified atom stereocenters. The van der Waals surface area contributed by atoms with Gasteiger partial charge in [0.1, 0.15) is 11.3 Å². The molecule has 324 valence electrons. The molecule has 10 heterocycles. The Morgan fingerprint density at radius 1 is 0.359 bits per heavy atom. The molecule has 0 spiro atoms. The van der Waals surface area contributed by atoms with Crippen LogP contribution in [0.3, 0.4) is 0 Å². The summed E-state index contributed by atoms with van der Waals surface area (Å²) in [7, 11) is 0. The van der Waals surface area contributed by atoms with E-state index in [0.29, 0.717) is 0 Å². The Labute approximate surface area is 371 Å². The number of fused-ring (bicyclic) bond motifs is 2. The third-order valence-electron chi connectivity index (χ3n) is 11.2. The number of nitrogens with zero attached hydrogens (tertiary/aromatic N) is 2. The van der Waals surface area contributed by atoms with E-state index in [2.05, 4.69) is 125 Å². The minimum absolute atomic E-state index is 0.165. The van der Waals surface area contributed by atoms with Gasteiger partial charge in [0, 0.05) is 94.2 Å². The van der Waals surface area contributed by atoms with Gasteiger partial charge in [0.05, 0.1) is 64.7 Å². The van der Waals surface area contributed by atoms with E-state index < -0.39 is 0 Å². The maximum absolute atomic E-state index is 4.94. The quantitative estimate of drug-likeness (QED) is 0.0894. The van der Waals surface area contributed by atoms with Crippen LogP contribution in [0.4, 0.5) is 0 Å². The van der Waals surface area contributed by atoms with Crippen LogP contribution < -0.4 is 0 Å². The number of ether oxygens (including phenoxy) is 4. The minimum atomic E-state index is 0.165. The number of rotatable bonds is 8. The van der Waals surface area contributed by atoms with E-state index in [1.54, 1.807) is 0 Å². The van der Waals surface area contributed by atoms with Crippen molar-refractivity contribution in [3.05, 3.63) is 205 Å². The topological polar surface area (TPSA) is 157 Å². The lowest BCUT2D eigenvalue weighted by atomic mass is 9.91. The van der Waals surface area contributed by atoms with Crippen molar-refractivity contribution in [2.75, 3.05) is 52.9 Å². The van der Waals surface area contributed by atoms with Crippen molar-refractivity contribution in [1.82, 2.24) is 39.9 Å². The molecule has 12 nitrogen and oxygen atoms in total. The molecule has 0 atom stereocenters. The highest BCUT2D eigenvalue weighted by Crippen LogP contribution is 2.35. The molecule has 0 aliphatic carbocycles. The predicted octanol–water partition coefficient (Wildman–Crippen LogP) is 10.2. The first-order valence-electron chi connectivity index (χ1n) is 21.7. The number of aromatic amines is 6. The Balaban J connectivity index is 0.000000129. The standard InChI is InChI=1S/2C22H18N4.2C4H8O2/c2*1-4-17-18(14-26-22(17)25-13-1)15-7-9-16(10-8-15)21(19-5-2-11-23-19)20-6-3-12-24-20;2*1-2-6-4-3-5-1/h2*1-14,21,23-24H,(H,25,26);2*1-4H2. The first kappa shape index (κ1) is 42.1. The second kappa shape index (κ2) is 21.2. The van der Waals surface area contributed by atoms with Crippen LogP contribution >= 0.6 is 0 Å². The third kappa shape index (κ3) is 10.2. The van der Waals surface area contributed by atoms with E-state index in [1.807, 2.05) is 86.0 Å². The smallest absolute Gasteiger partial charge is 0.137 e. The summed E-state index contributed by atoms with van der Waals surface area (Å²) in [6.07, 6.45) is 15.6. The lowest BCUT2D eigenvalue weighted by molar-refractivity contribution is -0.0334. The van der Waals surface area contributed by atoms with Gasteiger partial charge in [-0.2, -0.15) is 0 Å². The Hall–Kier alpha value is -7.22. The highest BCUT2D eigenvalue weighted by molar-refractivity contribution is 5.94. The summed E-state index contributed by atoms with van der Waals surface area (Å²) in [4.78, 5) is 28.7. The van der Waals surface area contributed by atoms with Crippen LogP contribution in [0.25, 0.3) is 44.3 Å². The van der Waals surface area contributed by atoms with E-state index >= 15 is 0 Å². The van der Waals surface area contributed by atoms with Gasteiger partial charge in [-0.05, 0) is 95.1 Å². The van der Waals surface area contributed by atoms with Crippen LogP contribution in [-0.2, 0) is 18.9 Å². The van der Waals surface area contributed by atoms with Gasteiger partial charge in [-0.15, -0.1) is 0 Å². The fourth-order valence-corrected chi connectivity index (χ4v) is 8.13. The summed E-state index contributed by atoms with van der Waals surface area (Å²) in [6.45, 7) is 6.22. The van der Waals surface area contributed by atoms with Crippen molar-refractivity contribution in [2.45, 2.75) is 11.8 Å². The molecule has 2 saturated heterocycles. The minimum Gasteiger partial charge on any atom is -0.377 e. The molecule has 2 aliphatic rings. The molecule has 0 saturated carbocycles. The number of hydrogen-bond acceptors (Lipinski definition) is 6. The van der Waals surface area contributed by atoms with E-state index in [4.69, 9.17) is 18.9 Å². The zero-order valence-electron chi connectivity index (χ0n) is 35.5. The van der Waals surface area contributed by atoms with Gasteiger partial charge in [0.25, 0.3) is 0 Å². The van der Waals surface area contributed by atoms with Gasteiger partial charge in [-0.3, -0.25) is 0 Å². The summed E-state index contributed by atoms with van der Waals surface area (Å²) >= 11 is 0. The number of nitrogens with one attached hydrogen (secondary N) is 6. The van der Waals surface area contributed by atoms with Crippen LogP contribution in [0, 0.1) is 0 Å². The van der Waals surface area contributed by atoms with Crippen LogP contribution in [0.15, 0.2) is 171 Å². The van der Waals surface area contributed by atoms with Gasteiger partial charge >= 0.3 is 0 Å². The van der Waals surface area contributed by atoms with Crippen molar-refractivity contribution in [2.24, 2.45) is 0 Å². The Bertz CT molecular complexity index is 2550. The van der Waals surface area contributed by atoms with Crippen molar-refractivity contribution in [3.63, 3.8) is 0 Å². The van der Waals surface area contributed by atoms with Gasteiger partial charge in [-0.1, -0.05) is 48.5 Å². The Kier molecular flexibility index (Phi) is 14.0. The van der Waals surface area contributed by atoms with Crippen molar-refractivity contribution >= 4 is 22.1 Å². The lowest BCUT2D eigenvalue weighted by Crippen LogP contribution is -2.16. The zero-order valence-corrected chi connectivity index (χ0v) is 35.5. The average Bonchev–Trinajstić information content (AvgIpc) is 4.24. The molecule has 2 aromatic carbocycles. The molecule has 2 fully saturated rings. The molecular weight excluding hydrogens is 801 g/mol. The second-order valence-corrected chi connectivity index (χ2v) is 15.3. The summed E-state index contributed by atoms with van der Waals surface area (Å²) in [6, 6.07) is 42.4. The van der Waals surface area contributed by atoms with Gasteiger partial charge in [-0.25, -0.2) is 9.97 Å². The molecule has 64 heavy (non-hydrogen) atoms. The predicted molar refractivity (Wildman–Crippen MR) is 251 cm³/mol. The van der Waals surface area contributed by atoms with Crippen LogP contribution in [0.1, 0.15) is 45.7 Å². The number of pyridine rings is 2. The summed E-state index contributed by atoms with van der Waals surface area (Å²) in [5, 5.41) is 2.29. The van der Waals surface area contributed by atoms with Crippen molar-refractivity contribution in [1.29, 1.82) is 0 Å². The number of H-pyrrole nitrogens is 6. The van der Waals surface area contributed by atoms with Crippen molar-refractivity contribution in [3.8, 4) is 22.3 Å². The molecule has 12 heteroatoms. The Morgan fingerprint density at radius 2 is 0.688 bits per heavy atom. The highest BCUT2D eigenvalue weighted by Gasteiger charge is 2.20. The fourth-order valence-electron chi connectivity index (χ4n) is 8.13. The van der Waals surface area contributed by atoms with Gasteiger partial charge in [0.2, 0.25) is 0 Å². The molecule has 0 amide bonds. The lowest BCUT2D eigenvalue weighted by Gasteiger charge is -2.16. The maximum atomic E-state index is 4.94. The molecule has 0 bridgehead atoms. The van der Waals surface area contributed by atoms with E-state index in [9.17, 15) is 0 Å². The molecule has 2 aliphatic heterocycles. The monoisotopic (exact) mass is 852 g/mol. The largest absolute Gasteiger partial charge is 0.377 e. The third-order valence-corrected chi connectivity index (χ3v) is 11.2.